The van der Waals surface area contributed by atoms with E-state index in [1.165, 1.54) is 28.7 Å². The summed E-state index contributed by atoms with van der Waals surface area (Å²) in [6.07, 6.45) is 11.2. The lowest BCUT2D eigenvalue weighted by Crippen LogP contribution is -2.62. The smallest absolute Gasteiger partial charge is 0.407 e. The Kier molecular flexibility index (Phi) is 7.87. The molecule has 3 saturated carbocycles. The average Bonchev–Trinajstić information content (AvgIpc) is 3.70. The van der Waals surface area contributed by atoms with Crippen molar-refractivity contribution in [2.45, 2.75) is 95.6 Å². The molecule has 5 aliphatic rings. The molecule has 0 bridgehead atoms. The fourth-order valence-electron chi connectivity index (χ4n) is 8.10. The van der Waals surface area contributed by atoms with Crippen LogP contribution in [-0.4, -0.2) is 92.3 Å². The molecule has 2 saturated heterocycles. The average molecular weight is 583 g/mol. The van der Waals surface area contributed by atoms with E-state index in [0.717, 1.165) is 50.5 Å². The minimum Gasteiger partial charge on any atom is -0.465 e. The molecule has 10 heteroatoms. The van der Waals surface area contributed by atoms with Crippen LogP contribution in [0.4, 0.5) is 4.79 Å². The van der Waals surface area contributed by atoms with E-state index >= 15 is 0 Å². The predicted molar refractivity (Wildman–Crippen MR) is 156 cm³/mol. The summed E-state index contributed by atoms with van der Waals surface area (Å²) in [4.78, 5) is 57.0. The molecule has 3 heterocycles. The Morgan fingerprint density at radius 2 is 1.60 bits per heavy atom. The molecule has 1 unspecified atom stereocenters. The molecule has 1 aromatic heterocycles. The van der Waals surface area contributed by atoms with E-state index in [2.05, 4.69) is 0 Å². The molecule has 42 heavy (non-hydrogen) atoms. The minimum atomic E-state index is -1.16. The van der Waals surface area contributed by atoms with E-state index in [4.69, 9.17) is 0 Å². The summed E-state index contributed by atoms with van der Waals surface area (Å²) in [5, 5.41) is 21.6. The number of piperidine rings is 1. The topological polar surface area (TPSA) is 123 Å². The Morgan fingerprint density at radius 3 is 2.19 bits per heavy atom. The standard InChI is InChI=1S/C32H46N4O6/c1-22(17-23-5-4-6-23)28(38)35-12-11-32(42,31(20-35)9-2-3-10-31)21-36-19-26(25(18-27(36)37)24-7-8-24)29(39)33-13-15-34(16-14-33)30(40)41/h18-19,22-24,42H,2-17,20-21H2,1H3,(H,40,41)/t22?,32-/m1/s1. The van der Waals surface area contributed by atoms with Crippen LogP contribution in [0.1, 0.15) is 99.4 Å². The summed E-state index contributed by atoms with van der Waals surface area (Å²) in [6.45, 7) is 4.28. The first kappa shape index (κ1) is 29.2. The predicted octanol–water partition coefficient (Wildman–Crippen LogP) is 3.51. The lowest BCUT2D eigenvalue weighted by Gasteiger charge is -2.53. The number of aliphatic hydroxyl groups is 1. The molecule has 10 nitrogen and oxygen atoms in total. The second-order valence-electron chi connectivity index (χ2n) is 13.9. The Morgan fingerprint density at radius 1 is 0.929 bits per heavy atom. The van der Waals surface area contributed by atoms with Crippen molar-refractivity contribution in [3.05, 3.63) is 33.7 Å². The largest absolute Gasteiger partial charge is 0.465 e. The number of pyridine rings is 1. The SMILES string of the molecule is CC(CC1CCC1)C(=O)N1CC[C@@](O)(Cn2cc(C(=O)N3CCN(C(=O)O)CC3)c(C3CC3)cc2=O)C2(CCCC2)C1. The number of carbonyl (C=O) groups excluding carboxylic acids is 2. The van der Waals surface area contributed by atoms with Gasteiger partial charge in [-0.25, -0.2) is 4.79 Å². The van der Waals surface area contributed by atoms with Gasteiger partial charge < -0.3 is 29.5 Å². The van der Waals surface area contributed by atoms with Crippen LogP contribution in [0.3, 0.4) is 0 Å². The molecule has 3 amide bonds. The zero-order valence-electron chi connectivity index (χ0n) is 24.9. The molecule has 3 aliphatic carbocycles. The molecule has 6 rings (SSSR count). The number of likely N-dealkylation sites (tertiary alicyclic amines) is 1. The lowest BCUT2D eigenvalue weighted by molar-refractivity contribution is -0.163. The fourth-order valence-corrected chi connectivity index (χ4v) is 8.10. The molecular weight excluding hydrogens is 536 g/mol. The van der Waals surface area contributed by atoms with Gasteiger partial charge in [-0.3, -0.25) is 14.4 Å². The Labute approximate surface area is 247 Å². The van der Waals surface area contributed by atoms with Crippen LogP contribution in [0, 0.1) is 17.3 Å². The monoisotopic (exact) mass is 582 g/mol. The zero-order valence-corrected chi connectivity index (χ0v) is 24.9. The highest BCUT2D eigenvalue weighted by molar-refractivity contribution is 5.96. The van der Waals surface area contributed by atoms with E-state index in [0.29, 0.717) is 44.1 Å². The number of piperazine rings is 1. The van der Waals surface area contributed by atoms with Crippen LogP contribution < -0.4 is 5.56 Å². The van der Waals surface area contributed by atoms with E-state index in [1.807, 2.05) is 11.8 Å². The number of hydrogen-bond donors (Lipinski definition) is 2. The number of aromatic nitrogens is 1. The van der Waals surface area contributed by atoms with Gasteiger partial charge in [-0.2, -0.15) is 0 Å². The van der Waals surface area contributed by atoms with Gasteiger partial charge in [0.1, 0.15) is 0 Å². The third kappa shape index (κ3) is 5.47. The third-order valence-corrected chi connectivity index (χ3v) is 11.2. The van der Waals surface area contributed by atoms with Gasteiger partial charge in [0, 0.05) is 62.9 Å². The van der Waals surface area contributed by atoms with E-state index in [-0.39, 0.29) is 48.8 Å². The van der Waals surface area contributed by atoms with Crippen LogP contribution in [-0.2, 0) is 11.3 Å². The Hall–Kier alpha value is -2.88. The summed E-state index contributed by atoms with van der Waals surface area (Å²) < 4.78 is 1.53. The Balaban J connectivity index is 1.23. The summed E-state index contributed by atoms with van der Waals surface area (Å²) in [6, 6.07) is 1.59. The van der Waals surface area contributed by atoms with Crippen molar-refractivity contribution < 1.29 is 24.6 Å². The molecule has 0 aromatic carbocycles. The van der Waals surface area contributed by atoms with Gasteiger partial charge >= 0.3 is 6.09 Å². The van der Waals surface area contributed by atoms with Crippen LogP contribution in [0.25, 0.3) is 0 Å². The highest BCUT2D eigenvalue weighted by Gasteiger charge is 2.56. The number of carbonyl (C=O) groups is 3. The highest BCUT2D eigenvalue weighted by atomic mass is 16.4. The van der Waals surface area contributed by atoms with Crippen molar-refractivity contribution in [3.8, 4) is 0 Å². The number of nitrogens with zero attached hydrogens (tertiary/aromatic N) is 4. The van der Waals surface area contributed by atoms with Gasteiger partial charge in [0.05, 0.1) is 17.7 Å². The number of carboxylic acid groups (broad SMARTS) is 1. The zero-order chi connectivity index (χ0) is 29.6. The normalized spacial score (nSPS) is 26.8. The van der Waals surface area contributed by atoms with E-state index in [9.17, 15) is 29.4 Å². The van der Waals surface area contributed by atoms with Crippen molar-refractivity contribution >= 4 is 17.9 Å². The van der Waals surface area contributed by atoms with Crippen LogP contribution >= 0.6 is 0 Å². The van der Waals surface area contributed by atoms with E-state index < -0.39 is 17.1 Å². The van der Waals surface area contributed by atoms with Gasteiger partial charge in [0.2, 0.25) is 5.91 Å². The maximum absolute atomic E-state index is 13.7. The van der Waals surface area contributed by atoms with Crippen molar-refractivity contribution in [2.24, 2.45) is 17.3 Å². The van der Waals surface area contributed by atoms with Crippen LogP contribution in [0.15, 0.2) is 17.1 Å². The van der Waals surface area contributed by atoms with Crippen LogP contribution in [0.5, 0.6) is 0 Å². The quantitative estimate of drug-likeness (QED) is 0.507. The molecular formula is C32H46N4O6. The van der Waals surface area contributed by atoms with Gasteiger partial charge in [-0.15, -0.1) is 0 Å². The summed E-state index contributed by atoms with van der Waals surface area (Å²) >= 11 is 0. The first-order valence-corrected chi connectivity index (χ1v) is 16.1. The van der Waals surface area contributed by atoms with Crippen molar-refractivity contribution in [1.82, 2.24) is 19.3 Å². The van der Waals surface area contributed by atoms with E-state index in [1.54, 1.807) is 17.2 Å². The highest BCUT2D eigenvalue weighted by Crippen LogP contribution is 2.52. The molecule has 2 N–H and O–H groups in total. The molecule has 2 aliphatic heterocycles. The van der Waals surface area contributed by atoms with Gasteiger partial charge in [0.25, 0.3) is 11.5 Å². The van der Waals surface area contributed by atoms with Gasteiger partial charge in [-0.1, -0.05) is 39.0 Å². The number of amides is 3. The maximum Gasteiger partial charge on any atom is 0.407 e. The first-order valence-electron chi connectivity index (χ1n) is 16.1. The number of rotatable bonds is 7. The second-order valence-corrected chi connectivity index (χ2v) is 13.9. The van der Waals surface area contributed by atoms with Crippen molar-refractivity contribution in [3.63, 3.8) is 0 Å². The molecule has 5 fully saturated rings. The molecule has 2 atom stereocenters. The summed E-state index contributed by atoms with van der Waals surface area (Å²) in [7, 11) is 0. The maximum atomic E-state index is 13.7. The van der Waals surface area contributed by atoms with Crippen molar-refractivity contribution in [1.29, 1.82) is 0 Å². The Bertz CT molecular complexity index is 1270. The van der Waals surface area contributed by atoms with Crippen molar-refractivity contribution in [2.75, 3.05) is 39.3 Å². The number of hydrogen-bond acceptors (Lipinski definition) is 5. The van der Waals surface area contributed by atoms with Gasteiger partial charge in [-0.05, 0) is 55.9 Å². The summed E-state index contributed by atoms with van der Waals surface area (Å²) in [5.41, 5.74) is -0.579. The molecule has 1 aromatic rings. The van der Waals surface area contributed by atoms with Gasteiger partial charge in [0.15, 0.2) is 0 Å². The fraction of sp³-hybridized carbons (Fsp3) is 0.750. The molecule has 230 valence electrons. The molecule has 1 spiro atoms. The molecule has 0 radical (unpaired) electrons. The minimum absolute atomic E-state index is 0.0107. The third-order valence-electron chi connectivity index (χ3n) is 11.2. The second kappa shape index (κ2) is 11.3. The summed E-state index contributed by atoms with van der Waals surface area (Å²) in [5.74, 6) is 0.848. The van der Waals surface area contributed by atoms with Crippen LogP contribution in [0.2, 0.25) is 0 Å². The lowest BCUT2D eigenvalue weighted by atomic mass is 9.65. The first-order chi connectivity index (χ1) is 20.1.